The zero-order chi connectivity index (χ0) is 8.97. The number of aryl methyl sites for hydroxylation is 1. The van der Waals surface area contributed by atoms with Crippen LogP contribution in [0.3, 0.4) is 0 Å². The molecular formula is C9H10BrNO. The average Bonchev–Trinajstić information content (AvgIpc) is 2.03. The summed E-state index contributed by atoms with van der Waals surface area (Å²) < 4.78 is 0.978. The predicted molar refractivity (Wildman–Crippen MR) is 50.9 cm³/mol. The fourth-order valence-electron chi connectivity index (χ4n) is 0.917. The summed E-state index contributed by atoms with van der Waals surface area (Å²) in [6.07, 6.45) is 4.87. The molecule has 1 heterocycles. The van der Waals surface area contributed by atoms with Crippen LogP contribution < -0.4 is 0 Å². The highest BCUT2D eigenvalue weighted by molar-refractivity contribution is 9.10. The first kappa shape index (κ1) is 9.39. The van der Waals surface area contributed by atoms with E-state index in [1.807, 2.05) is 6.07 Å². The third-order valence-electron chi connectivity index (χ3n) is 1.60. The Hall–Kier alpha value is -0.700. The van der Waals surface area contributed by atoms with Gasteiger partial charge in [-0.3, -0.25) is 4.98 Å². The zero-order valence-corrected chi connectivity index (χ0v) is 8.47. The molecule has 0 fully saturated rings. The number of Topliss-reactive ketones (excluding diaryl/α,β-unsaturated/α-hetero) is 1. The highest BCUT2D eigenvalue weighted by atomic mass is 79.9. The van der Waals surface area contributed by atoms with Gasteiger partial charge in [-0.25, -0.2) is 0 Å². The van der Waals surface area contributed by atoms with Crippen LogP contribution in [-0.2, 0) is 11.2 Å². The second-order valence-electron chi connectivity index (χ2n) is 2.67. The van der Waals surface area contributed by atoms with Crippen molar-refractivity contribution in [3.8, 4) is 0 Å². The van der Waals surface area contributed by atoms with Gasteiger partial charge in [0.25, 0.3) is 0 Å². The van der Waals surface area contributed by atoms with Gasteiger partial charge in [0.05, 0.1) is 0 Å². The van der Waals surface area contributed by atoms with Gasteiger partial charge in [-0.2, -0.15) is 0 Å². The molecule has 2 nitrogen and oxygen atoms in total. The van der Waals surface area contributed by atoms with Gasteiger partial charge in [-0.05, 0) is 40.9 Å². The van der Waals surface area contributed by atoms with Crippen molar-refractivity contribution in [1.29, 1.82) is 0 Å². The molecule has 0 aliphatic heterocycles. The lowest BCUT2D eigenvalue weighted by atomic mass is 10.1. The lowest BCUT2D eigenvalue weighted by molar-refractivity contribution is -0.116. The van der Waals surface area contributed by atoms with E-state index in [0.29, 0.717) is 6.42 Å². The summed E-state index contributed by atoms with van der Waals surface area (Å²) in [5, 5.41) is 0. The predicted octanol–water partition coefficient (Wildman–Crippen LogP) is 2.37. The number of hydrogen-bond acceptors (Lipinski definition) is 2. The van der Waals surface area contributed by atoms with Gasteiger partial charge in [0.15, 0.2) is 0 Å². The number of aromatic nitrogens is 1. The maximum absolute atomic E-state index is 10.7. The summed E-state index contributed by atoms with van der Waals surface area (Å²) in [5.74, 6) is 0.221. The van der Waals surface area contributed by atoms with Crippen molar-refractivity contribution >= 4 is 21.7 Å². The van der Waals surface area contributed by atoms with E-state index in [1.165, 1.54) is 0 Å². The van der Waals surface area contributed by atoms with E-state index < -0.39 is 0 Å². The normalized spacial score (nSPS) is 9.83. The second kappa shape index (κ2) is 4.36. The van der Waals surface area contributed by atoms with Crippen molar-refractivity contribution in [2.75, 3.05) is 0 Å². The number of pyridine rings is 1. The first-order valence-corrected chi connectivity index (χ1v) is 4.57. The molecule has 0 radical (unpaired) electrons. The molecule has 0 saturated heterocycles. The van der Waals surface area contributed by atoms with E-state index in [9.17, 15) is 4.79 Å². The molecular weight excluding hydrogens is 218 g/mol. The standard InChI is InChI=1S/C9H10BrNO/c1-7(12)2-3-8-4-5-11-6-9(8)10/h4-6H,2-3H2,1H3. The number of ketones is 1. The van der Waals surface area contributed by atoms with Gasteiger partial charge in [-0.15, -0.1) is 0 Å². The molecule has 1 aromatic rings. The molecule has 3 heteroatoms. The first-order chi connectivity index (χ1) is 5.70. The Bertz CT molecular complexity index is 286. The highest BCUT2D eigenvalue weighted by Crippen LogP contribution is 2.15. The topological polar surface area (TPSA) is 30.0 Å². The lowest BCUT2D eigenvalue weighted by Gasteiger charge is -2.00. The van der Waals surface area contributed by atoms with E-state index in [1.54, 1.807) is 19.3 Å². The second-order valence-corrected chi connectivity index (χ2v) is 3.52. The van der Waals surface area contributed by atoms with Crippen LogP contribution in [-0.4, -0.2) is 10.8 Å². The maximum atomic E-state index is 10.7. The van der Waals surface area contributed by atoms with Gasteiger partial charge in [0, 0.05) is 23.3 Å². The van der Waals surface area contributed by atoms with E-state index in [2.05, 4.69) is 20.9 Å². The molecule has 0 bridgehead atoms. The quantitative estimate of drug-likeness (QED) is 0.794. The molecule has 0 atom stereocenters. The fraction of sp³-hybridized carbons (Fsp3) is 0.333. The minimum atomic E-state index is 0.221. The molecule has 0 unspecified atom stereocenters. The van der Waals surface area contributed by atoms with Crippen molar-refractivity contribution in [2.24, 2.45) is 0 Å². The summed E-state index contributed by atoms with van der Waals surface area (Å²) in [4.78, 5) is 14.6. The summed E-state index contributed by atoms with van der Waals surface area (Å²) in [6, 6.07) is 1.92. The third kappa shape index (κ3) is 2.74. The summed E-state index contributed by atoms with van der Waals surface area (Å²) in [6.45, 7) is 1.61. The van der Waals surface area contributed by atoms with Crippen LogP contribution in [0.15, 0.2) is 22.9 Å². The number of carbonyl (C=O) groups excluding carboxylic acids is 1. The van der Waals surface area contributed by atoms with Crippen LogP contribution in [0.5, 0.6) is 0 Å². The Morgan fingerprint density at radius 1 is 1.67 bits per heavy atom. The monoisotopic (exact) mass is 227 g/mol. The number of nitrogens with zero attached hydrogens (tertiary/aromatic N) is 1. The average molecular weight is 228 g/mol. The zero-order valence-electron chi connectivity index (χ0n) is 6.88. The van der Waals surface area contributed by atoms with Gasteiger partial charge >= 0.3 is 0 Å². The largest absolute Gasteiger partial charge is 0.300 e. The molecule has 0 amide bonds. The SMILES string of the molecule is CC(=O)CCc1ccncc1Br. The molecule has 0 aliphatic rings. The van der Waals surface area contributed by atoms with Crippen molar-refractivity contribution in [3.63, 3.8) is 0 Å². The van der Waals surface area contributed by atoms with Crippen molar-refractivity contribution < 1.29 is 4.79 Å². The van der Waals surface area contributed by atoms with Crippen LogP contribution in [0, 0.1) is 0 Å². The first-order valence-electron chi connectivity index (χ1n) is 3.78. The Kier molecular flexibility index (Phi) is 3.41. The molecule has 1 rings (SSSR count). The minimum absolute atomic E-state index is 0.221. The smallest absolute Gasteiger partial charge is 0.130 e. The van der Waals surface area contributed by atoms with Gasteiger partial charge in [0.1, 0.15) is 5.78 Å². The number of halogens is 1. The summed E-state index contributed by atoms with van der Waals surface area (Å²) in [7, 11) is 0. The van der Waals surface area contributed by atoms with Crippen LogP contribution in [0.25, 0.3) is 0 Å². The molecule has 12 heavy (non-hydrogen) atoms. The van der Waals surface area contributed by atoms with Gasteiger partial charge in [0.2, 0.25) is 0 Å². The van der Waals surface area contributed by atoms with E-state index >= 15 is 0 Å². The van der Waals surface area contributed by atoms with Crippen LogP contribution in [0.4, 0.5) is 0 Å². The molecule has 0 N–H and O–H groups in total. The van der Waals surface area contributed by atoms with Gasteiger partial charge < -0.3 is 4.79 Å². The van der Waals surface area contributed by atoms with E-state index in [0.717, 1.165) is 16.5 Å². The summed E-state index contributed by atoms with van der Waals surface area (Å²) in [5.41, 5.74) is 1.14. The Labute approximate surface area is 80.1 Å². The van der Waals surface area contributed by atoms with Crippen LogP contribution in [0.1, 0.15) is 18.9 Å². The Morgan fingerprint density at radius 2 is 2.42 bits per heavy atom. The maximum Gasteiger partial charge on any atom is 0.130 e. The van der Waals surface area contributed by atoms with Crippen molar-refractivity contribution in [3.05, 3.63) is 28.5 Å². The van der Waals surface area contributed by atoms with Crippen LogP contribution >= 0.6 is 15.9 Å². The Balaban J connectivity index is 2.63. The molecule has 0 spiro atoms. The highest BCUT2D eigenvalue weighted by Gasteiger charge is 2.00. The van der Waals surface area contributed by atoms with E-state index in [4.69, 9.17) is 0 Å². The molecule has 0 aromatic carbocycles. The van der Waals surface area contributed by atoms with Crippen molar-refractivity contribution in [2.45, 2.75) is 19.8 Å². The minimum Gasteiger partial charge on any atom is -0.300 e. The molecule has 64 valence electrons. The summed E-state index contributed by atoms with van der Waals surface area (Å²) >= 11 is 3.37. The van der Waals surface area contributed by atoms with E-state index in [-0.39, 0.29) is 5.78 Å². The number of carbonyl (C=O) groups is 1. The van der Waals surface area contributed by atoms with Gasteiger partial charge in [-0.1, -0.05) is 0 Å². The Morgan fingerprint density at radius 3 is 3.00 bits per heavy atom. The third-order valence-corrected chi connectivity index (χ3v) is 2.32. The molecule has 1 aromatic heterocycles. The van der Waals surface area contributed by atoms with Crippen LogP contribution in [0.2, 0.25) is 0 Å². The number of rotatable bonds is 3. The molecule has 0 saturated carbocycles. The van der Waals surface area contributed by atoms with Crippen molar-refractivity contribution in [1.82, 2.24) is 4.98 Å². The number of hydrogen-bond donors (Lipinski definition) is 0. The lowest BCUT2D eigenvalue weighted by Crippen LogP contribution is -1.94. The molecule has 0 aliphatic carbocycles. The fourth-order valence-corrected chi connectivity index (χ4v) is 1.37.